The SMILES string of the molecule is COc1ccccc1/C=C/C(=O)N(C)CCOc1cccc(Cl)c1. The van der Waals surface area contributed by atoms with Crippen LogP contribution in [-0.4, -0.2) is 38.1 Å². The van der Waals surface area contributed by atoms with Crippen molar-refractivity contribution in [3.05, 3.63) is 65.2 Å². The molecule has 2 aromatic rings. The fourth-order valence-corrected chi connectivity index (χ4v) is 2.24. The molecule has 0 aliphatic heterocycles. The van der Waals surface area contributed by atoms with Gasteiger partial charge in [-0.05, 0) is 30.3 Å². The fourth-order valence-electron chi connectivity index (χ4n) is 2.06. The molecule has 0 unspecified atom stereocenters. The molecule has 0 fully saturated rings. The molecule has 2 aromatic carbocycles. The summed E-state index contributed by atoms with van der Waals surface area (Å²) < 4.78 is 10.8. The zero-order chi connectivity index (χ0) is 17.4. The highest BCUT2D eigenvalue weighted by Crippen LogP contribution is 2.19. The van der Waals surface area contributed by atoms with E-state index in [0.29, 0.717) is 23.9 Å². The van der Waals surface area contributed by atoms with Crippen LogP contribution in [-0.2, 0) is 4.79 Å². The predicted molar refractivity (Wildman–Crippen MR) is 96.6 cm³/mol. The Bertz CT molecular complexity index is 715. The molecule has 126 valence electrons. The topological polar surface area (TPSA) is 38.8 Å². The lowest BCUT2D eigenvalue weighted by atomic mass is 10.2. The normalized spacial score (nSPS) is 10.6. The number of methoxy groups -OCH3 is 1. The van der Waals surface area contributed by atoms with Crippen LogP contribution in [0.3, 0.4) is 0 Å². The lowest BCUT2D eigenvalue weighted by molar-refractivity contribution is -0.125. The summed E-state index contributed by atoms with van der Waals surface area (Å²) in [5, 5.41) is 0.622. The molecule has 0 aliphatic carbocycles. The summed E-state index contributed by atoms with van der Waals surface area (Å²) in [5.74, 6) is 1.32. The van der Waals surface area contributed by atoms with Crippen molar-refractivity contribution < 1.29 is 14.3 Å². The maximum Gasteiger partial charge on any atom is 0.246 e. The molecule has 0 saturated carbocycles. The predicted octanol–water partition coefficient (Wildman–Crippen LogP) is 3.90. The van der Waals surface area contributed by atoms with Crippen LogP contribution in [0.5, 0.6) is 11.5 Å². The Morgan fingerprint density at radius 1 is 1.21 bits per heavy atom. The number of amides is 1. The van der Waals surface area contributed by atoms with Crippen LogP contribution < -0.4 is 9.47 Å². The molecule has 0 aliphatic rings. The Labute approximate surface area is 147 Å². The number of benzene rings is 2. The summed E-state index contributed by atoms with van der Waals surface area (Å²) in [4.78, 5) is 13.7. The van der Waals surface area contributed by atoms with Gasteiger partial charge in [0.25, 0.3) is 0 Å². The molecule has 0 radical (unpaired) electrons. The molecule has 0 atom stereocenters. The number of carbonyl (C=O) groups is 1. The van der Waals surface area contributed by atoms with Gasteiger partial charge in [-0.15, -0.1) is 0 Å². The van der Waals surface area contributed by atoms with Gasteiger partial charge < -0.3 is 14.4 Å². The fraction of sp³-hybridized carbons (Fsp3) is 0.211. The van der Waals surface area contributed by atoms with Gasteiger partial charge in [0.1, 0.15) is 18.1 Å². The summed E-state index contributed by atoms with van der Waals surface area (Å²) in [6.45, 7) is 0.868. The van der Waals surface area contributed by atoms with Gasteiger partial charge in [0, 0.05) is 23.7 Å². The van der Waals surface area contributed by atoms with E-state index in [1.165, 1.54) is 6.08 Å². The third-order valence-electron chi connectivity index (χ3n) is 3.41. The minimum Gasteiger partial charge on any atom is -0.496 e. The molecule has 2 rings (SSSR count). The van der Waals surface area contributed by atoms with Crippen molar-refractivity contribution in [3.63, 3.8) is 0 Å². The van der Waals surface area contributed by atoms with Crippen LogP contribution in [0.4, 0.5) is 0 Å². The van der Waals surface area contributed by atoms with Crippen LogP contribution in [0.15, 0.2) is 54.6 Å². The summed E-state index contributed by atoms with van der Waals surface area (Å²) >= 11 is 5.90. The minimum absolute atomic E-state index is 0.101. The Hall–Kier alpha value is -2.46. The quantitative estimate of drug-likeness (QED) is 0.714. The van der Waals surface area contributed by atoms with Crippen molar-refractivity contribution in [2.75, 3.05) is 27.3 Å². The van der Waals surface area contributed by atoms with Crippen LogP contribution in [0, 0.1) is 0 Å². The van der Waals surface area contributed by atoms with Gasteiger partial charge in [-0.3, -0.25) is 4.79 Å². The zero-order valence-corrected chi connectivity index (χ0v) is 14.5. The third-order valence-corrected chi connectivity index (χ3v) is 3.65. The minimum atomic E-state index is -0.101. The van der Waals surface area contributed by atoms with E-state index in [9.17, 15) is 4.79 Å². The Balaban J connectivity index is 1.84. The van der Waals surface area contributed by atoms with E-state index in [0.717, 1.165) is 11.3 Å². The van der Waals surface area contributed by atoms with E-state index >= 15 is 0 Å². The van der Waals surface area contributed by atoms with Gasteiger partial charge in [0.15, 0.2) is 0 Å². The number of para-hydroxylation sites is 1. The van der Waals surface area contributed by atoms with E-state index < -0.39 is 0 Å². The molecule has 0 saturated heterocycles. The number of carbonyl (C=O) groups excluding carboxylic acids is 1. The molecule has 0 heterocycles. The van der Waals surface area contributed by atoms with Gasteiger partial charge >= 0.3 is 0 Å². The number of nitrogens with zero attached hydrogens (tertiary/aromatic N) is 1. The smallest absolute Gasteiger partial charge is 0.246 e. The summed E-state index contributed by atoms with van der Waals surface area (Å²) in [7, 11) is 3.34. The molecule has 0 N–H and O–H groups in total. The summed E-state index contributed by atoms with van der Waals surface area (Å²) in [6, 6.07) is 14.7. The van der Waals surface area contributed by atoms with Gasteiger partial charge in [-0.1, -0.05) is 35.9 Å². The highest BCUT2D eigenvalue weighted by molar-refractivity contribution is 6.30. The van der Waals surface area contributed by atoms with Crippen molar-refractivity contribution >= 4 is 23.6 Å². The van der Waals surface area contributed by atoms with E-state index in [4.69, 9.17) is 21.1 Å². The molecule has 4 nitrogen and oxygen atoms in total. The van der Waals surface area contributed by atoms with Crippen molar-refractivity contribution in [1.82, 2.24) is 4.90 Å². The molecule has 1 amide bonds. The van der Waals surface area contributed by atoms with E-state index in [-0.39, 0.29) is 5.91 Å². The standard InChI is InChI=1S/C19H20ClNO3/c1-21(12-13-24-17-8-5-7-16(20)14-17)19(22)11-10-15-6-3-4-9-18(15)23-2/h3-11,14H,12-13H2,1-2H3/b11-10+. The lowest BCUT2D eigenvalue weighted by Gasteiger charge is -2.15. The maximum atomic E-state index is 12.1. The summed E-state index contributed by atoms with van der Waals surface area (Å²) in [6.07, 6.45) is 3.27. The largest absolute Gasteiger partial charge is 0.496 e. The first kappa shape index (κ1) is 17.9. The van der Waals surface area contributed by atoms with Gasteiger partial charge in [-0.2, -0.15) is 0 Å². The van der Waals surface area contributed by atoms with Gasteiger partial charge in [-0.25, -0.2) is 0 Å². The number of ether oxygens (including phenoxy) is 2. The molecule has 0 spiro atoms. The molecular formula is C19H20ClNO3. The van der Waals surface area contributed by atoms with Crippen molar-refractivity contribution in [3.8, 4) is 11.5 Å². The highest BCUT2D eigenvalue weighted by Gasteiger charge is 2.06. The lowest BCUT2D eigenvalue weighted by Crippen LogP contribution is -2.29. The average Bonchev–Trinajstić information content (AvgIpc) is 2.59. The van der Waals surface area contributed by atoms with Crippen LogP contribution >= 0.6 is 11.6 Å². The Morgan fingerprint density at radius 3 is 2.75 bits per heavy atom. The van der Waals surface area contributed by atoms with Gasteiger partial charge in [0.2, 0.25) is 5.91 Å². The van der Waals surface area contributed by atoms with Gasteiger partial charge in [0.05, 0.1) is 13.7 Å². The third kappa shape index (κ3) is 5.32. The van der Waals surface area contributed by atoms with Crippen molar-refractivity contribution in [1.29, 1.82) is 0 Å². The van der Waals surface area contributed by atoms with Crippen LogP contribution in [0.1, 0.15) is 5.56 Å². The number of halogens is 1. The first-order chi connectivity index (χ1) is 11.6. The number of likely N-dealkylation sites (N-methyl/N-ethyl adjacent to an activating group) is 1. The van der Waals surface area contributed by atoms with E-state index in [1.807, 2.05) is 36.4 Å². The van der Waals surface area contributed by atoms with E-state index in [2.05, 4.69) is 0 Å². The Morgan fingerprint density at radius 2 is 2.00 bits per heavy atom. The van der Waals surface area contributed by atoms with Crippen molar-refractivity contribution in [2.45, 2.75) is 0 Å². The second-order valence-corrected chi connectivity index (χ2v) is 5.58. The molecule has 5 heteroatoms. The zero-order valence-electron chi connectivity index (χ0n) is 13.7. The molecule has 24 heavy (non-hydrogen) atoms. The number of rotatable bonds is 7. The number of hydrogen-bond acceptors (Lipinski definition) is 3. The van der Waals surface area contributed by atoms with Crippen molar-refractivity contribution in [2.24, 2.45) is 0 Å². The first-order valence-electron chi connectivity index (χ1n) is 7.54. The van der Waals surface area contributed by atoms with Crippen LogP contribution in [0.2, 0.25) is 5.02 Å². The average molecular weight is 346 g/mol. The second kappa shape index (κ2) is 8.99. The monoisotopic (exact) mass is 345 g/mol. The first-order valence-corrected chi connectivity index (χ1v) is 7.92. The number of hydrogen-bond donors (Lipinski definition) is 0. The Kier molecular flexibility index (Phi) is 6.70. The molecule has 0 bridgehead atoms. The molecular weight excluding hydrogens is 326 g/mol. The molecule has 0 aromatic heterocycles. The highest BCUT2D eigenvalue weighted by atomic mass is 35.5. The van der Waals surface area contributed by atoms with E-state index in [1.54, 1.807) is 37.3 Å². The second-order valence-electron chi connectivity index (χ2n) is 5.14. The summed E-state index contributed by atoms with van der Waals surface area (Å²) in [5.41, 5.74) is 0.858. The van der Waals surface area contributed by atoms with Crippen LogP contribution in [0.25, 0.3) is 6.08 Å². The maximum absolute atomic E-state index is 12.1.